The third-order valence-corrected chi connectivity index (χ3v) is 4.41. The Kier molecular flexibility index (Phi) is 7.32. The predicted octanol–water partition coefficient (Wildman–Crippen LogP) is 3.97. The molecule has 0 aliphatic rings. The summed E-state index contributed by atoms with van der Waals surface area (Å²) in [7, 11) is 0. The lowest BCUT2D eigenvalue weighted by atomic mass is 9.82. The van der Waals surface area contributed by atoms with Crippen molar-refractivity contribution < 1.29 is 29.4 Å². The van der Waals surface area contributed by atoms with E-state index >= 15 is 0 Å². The van der Waals surface area contributed by atoms with Gasteiger partial charge in [0.25, 0.3) is 5.91 Å². The smallest absolute Gasteiger partial charge is 0.412 e. The van der Waals surface area contributed by atoms with E-state index in [0.29, 0.717) is 16.8 Å². The molecule has 0 heterocycles. The van der Waals surface area contributed by atoms with Crippen molar-refractivity contribution in [3.05, 3.63) is 71.8 Å². The number of benzene rings is 2. The minimum atomic E-state index is -0.848. The third-order valence-electron chi connectivity index (χ3n) is 4.41. The minimum absolute atomic E-state index is 0.0560. The largest absolute Gasteiger partial charge is 0.508 e. The molecule has 0 saturated heterocycles. The Labute approximate surface area is 174 Å². The zero-order valence-corrected chi connectivity index (χ0v) is 16.9. The fourth-order valence-corrected chi connectivity index (χ4v) is 2.76. The molecule has 2 aromatic carbocycles. The SMILES string of the molecule is CC(=O)c1ccc(NC(=O)O[C@H](c2ccc(O)cc2)C(C)(C)/C=C/C(=O)NO)cc1. The monoisotopic (exact) mass is 412 g/mol. The first-order valence-electron chi connectivity index (χ1n) is 9.13. The van der Waals surface area contributed by atoms with Crippen LogP contribution in [-0.2, 0) is 9.53 Å². The molecular weight excluding hydrogens is 388 g/mol. The van der Waals surface area contributed by atoms with E-state index in [2.05, 4.69) is 5.32 Å². The van der Waals surface area contributed by atoms with Crippen LogP contribution >= 0.6 is 0 Å². The molecule has 0 bridgehead atoms. The van der Waals surface area contributed by atoms with Crippen molar-refractivity contribution in [3.8, 4) is 5.75 Å². The molecule has 30 heavy (non-hydrogen) atoms. The number of hydroxylamine groups is 1. The Hall–Kier alpha value is -3.65. The van der Waals surface area contributed by atoms with E-state index in [4.69, 9.17) is 9.94 Å². The van der Waals surface area contributed by atoms with Crippen LogP contribution in [0.15, 0.2) is 60.7 Å². The van der Waals surface area contributed by atoms with Gasteiger partial charge in [0, 0.05) is 22.7 Å². The Bertz CT molecular complexity index is 933. The Balaban J connectivity index is 2.24. The highest BCUT2D eigenvalue weighted by Gasteiger charge is 2.32. The molecule has 0 saturated carbocycles. The lowest BCUT2D eigenvalue weighted by Gasteiger charge is -2.31. The van der Waals surface area contributed by atoms with Crippen molar-refractivity contribution in [2.45, 2.75) is 26.9 Å². The summed E-state index contributed by atoms with van der Waals surface area (Å²) >= 11 is 0. The van der Waals surface area contributed by atoms with Crippen LogP contribution in [0.2, 0.25) is 0 Å². The number of aromatic hydroxyl groups is 1. The molecule has 158 valence electrons. The van der Waals surface area contributed by atoms with Crippen LogP contribution < -0.4 is 10.8 Å². The summed E-state index contributed by atoms with van der Waals surface area (Å²) < 4.78 is 5.64. The molecule has 2 rings (SSSR count). The first kappa shape index (κ1) is 22.6. The van der Waals surface area contributed by atoms with Gasteiger partial charge in [-0.15, -0.1) is 0 Å². The van der Waals surface area contributed by atoms with Crippen molar-refractivity contribution in [3.63, 3.8) is 0 Å². The molecule has 8 heteroatoms. The van der Waals surface area contributed by atoms with E-state index in [1.165, 1.54) is 30.6 Å². The molecule has 0 fully saturated rings. The summed E-state index contributed by atoms with van der Waals surface area (Å²) in [6.45, 7) is 4.95. The average molecular weight is 412 g/mol. The van der Waals surface area contributed by atoms with Crippen LogP contribution in [-0.4, -0.2) is 28.1 Å². The van der Waals surface area contributed by atoms with Crippen LogP contribution in [0.5, 0.6) is 5.75 Å². The molecule has 2 aromatic rings. The average Bonchev–Trinajstić information content (AvgIpc) is 2.71. The highest BCUT2D eigenvalue weighted by atomic mass is 16.6. The number of carbonyl (C=O) groups excluding carboxylic acids is 3. The predicted molar refractivity (Wildman–Crippen MR) is 110 cm³/mol. The number of carbonyl (C=O) groups is 3. The number of Topliss-reactive ketones (excluding diaryl/α,β-unsaturated/α-hetero) is 1. The van der Waals surface area contributed by atoms with Gasteiger partial charge >= 0.3 is 6.09 Å². The normalized spacial score (nSPS) is 12.3. The Morgan fingerprint density at radius 1 is 1.03 bits per heavy atom. The van der Waals surface area contributed by atoms with Gasteiger partial charge in [-0.05, 0) is 48.9 Å². The number of phenols is 1. The summed E-state index contributed by atoms with van der Waals surface area (Å²) in [6.07, 6.45) is 1.08. The fourth-order valence-electron chi connectivity index (χ4n) is 2.76. The first-order chi connectivity index (χ1) is 14.1. The van der Waals surface area contributed by atoms with Gasteiger partial charge in [-0.1, -0.05) is 32.1 Å². The molecule has 0 aliphatic carbocycles. The first-order valence-corrected chi connectivity index (χ1v) is 9.13. The molecule has 8 nitrogen and oxygen atoms in total. The molecule has 0 aliphatic heterocycles. The van der Waals surface area contributed by atoms with Crippen molar-refractivity contribution in [2.75, 3.05) is 5.32 Å². The second-order valence-corrected chi connectivity index (χ2v) is 7.27. The number of hydrogen-bond acceptors (Lipinski definition) is 6. The van der Waals surface area contributed by atoms with Crippen LogP contribution in [0.3, 0.4) is 0 Å². The van der Waals surface area contributed by atoms with Gasteiger partial charge in [-0.2, -0.15) is 0 Å². The van der Waals surface area contributed by atoms with Gasteiger partial charge in [0.1, 0.15) is 11.9 Å². The maximum absolute atomic E-state index is 12.5. The van der Waals surface area contributed by atoms with Gasteiger partial charge in [-0.25, -0.2) is 10.3 Å². The van der Waals surface area contributed by atoms with Gasteiger partial charge in [0.2, 0.25) is 0 Å². The van der Waals surface area contributed by atoms with E-state index in [1.54, 1.807) is 50.2 Å². The quantitative estimate of drug-likeness (QED) is 0.236. The summed E-state index contributed by atoms with van der Waals surface area (Å²) in [6, 6.07) is 12.5. The van der Waals surface area contributed by atoms with Crippen molar-refractivity contribution >= 4 is 23.5 Å². The Morgan fingerprint density at radius 3 is 2.17 bits per heavy atom. The number of hydrogen-bond donors (Lipinski definition) is 4. The number of rotatable bonds is 7. The summed E-state index contributed by atoms with van der Waals surface area (Å²) in [5.41, 5.74) is 2.22. The highest BCUT2D eigenvalue weighted by Crippen LogP contribution is 2.38. The molecular formula is C22H24N2O6. The van der Waals surface area contributed by atoms with Gasteiger partial charge < -0.3 is 9.84 Å². The second kappa shape index (κ2) is 9.71. The Morgan fingerprint density at radius 2 is 1.63 bits per heavy atom. The summed E-state index contributed by atoms with van der Waals surface area (Å²) in [5.74, 6) is -0.750. The zero-order valence-electron chi connectivity index (χ0n) is 16.9. The molecule has 2 amide bonds. The molecule has 0 aromatic heterocycles. The molecule has 4 N–H and O–H groups in total. The fraction of sp³-hybridized carbons (Fsp3) is 0.227. The summed E-state index contributed by atoms with van der Waals surface area (Å²) in [4.78, 5) is 35.3. The van der Waals surface area contributed by atoms with Gasteiger partial charge in [0.05, 0.1) is 0 Å². The van der Waals surface area contributed by atoms with Crippen LogP contribution in [0.25, 0.3) is 0 Å². The van der Waals surface area contributed by atoms with E-state index in [-0.39, 0.29) is 11.5 Å². The van der Waals surface area contributed by atoms with E-state index in [1.807, 2.05) is 0 Å². The zero-order chi connectivity index (χ0) is 22.3. The lowest BCUT2D eigenvalue weighted by molar-refractivity contribution is -0.124. The maximum Gasteiger partial charge on any atom is 0.412 e. The number of anilines is 1. The van der Waals surface area contributed by atoms with Crippen LogP contribution in [0, 0.1) is 5.41 Å². The van der Waals surface area contributed by atoms with Crippen molar-refractivity contribution in [2.24, 2.45) is 5.41 Å². The van der Waals surface area contributed by atoms with Gasteiger partial charge in [-0.3, -0.25) is 20.1 Å². The minimum Gasteiger partial charge on any atom is -0.508 e. The lowest BCUT2D eigenvalue weighted by Crippen LogP contribution is -2.28. The highest BCUT2D eigenvalue weighted by molar-refractivity contribution is 5.95. The second-order valence-electron chi connectivity index (χ2n) is 7.27. The van der Waals surface area contributed by atoms with Gasteiger partial charge in [0.15, 0.2) is 5.78 Å². The van der Waals surface area contributed by atoms with Crippen LogP contribution in [0.4, 0.5) is 10.5 Å². The van der Waals surface area contributed by atoms with Crippen molar-refractivity contribution in [1.29, 1.82) is 0 Å². The topological polar surface area (TPSA) is 125 Å². The number of amides is 2. The van der Waals surface area contributed by atoms with Crippen molar-refractivity contribution in [1.82, 2.24) is 5.48 Å². The van der Waals surface area contributed by atoms with E-state index in [0.717, 1.165) is 6.08 Å². The van der Waals surface area contributed by atoms with E-state index < -0.39 is 23.5 Å². The third kappa shape index (κ3) is 6.18. The molecule has 0 spiro atoms. The number of ketones is 1. The van der Waals surface area contributed by atoms with E-state index in [9.17, 15) is 19.5 Å². The standard InChI is InChI=1S/C22H24N2O6/c1-14(25)15-4-8-17(9-5-15)23-21(28)30-20(16-6-10-18(26)11-7-16)22(2,3)13-12-19(27)24-29/h4-13,20,26,29H,1-3H3,(H,23,28)(H,24,27)/b13-12+/t20-/m1/s1. The maximum atomic E-state index is 12.5. The number of ether oxygens (including phenoxy) is 1. The molecule has 0 unspecified atom stereocenters. The molecule has 1 atom stereocenters. The number of phenolic OH excluding ortho intramolecular Hbond substituents is 1. The molecule has 0 radical (unpaired) electrons. The van der Waals surface area contributed by atoms with Crippen LogP contribution in [0.1, 0.15) is 42.8 Å². The summed E-state index contributed by atoms with van der Waals surface area (Å²) in [5, 5.41) is 20.8. The number of nitrogens with one attached hydrogen (secondary N) is 2.